The van der Waals surface area contributed by atoms with Gasteiger partial charge in [-0.05, 0) is 6.42 Å². The Bertz CT molecular complexity index is 311. The summed E-state index contributed by atoms with van der Waals surface area (Å²) in [5.74, 6) is -0.778. The van der Waals surface area contributed by atoms with Crippen molar-refractivity contribution in [1.29, 1.82) is 0 Å². The van der Waals surface area contributed by atoms with Gasteiger partial charge in [0.15, 0.2) is 7.37 Å². The summed E-state index contributed by atoms with van der Waals surface area (Å²) in [6, 6.07) is 0. The number of aliphatic carboxylic acids is 1. The van der Waals surface area contributed by atoms with E-state index in [4.69, 9.17) is 10.00 Å². The summed E-state index contributed by atoms with van der Waals surface area (Å²) < 4.78 is 11.7. The molecule has 3 N–H and O–H groups in total. The van der Waals surface area contributed by atoms with Crippen molar-refractivity contribution in [2.45, 2.75) is 12.8 Å². The number of nitrogens with one attached hydrogen (secondary N) is 1. The summed E-state index contributed by atoms with van der Waals surface area (Å²) in [6.07, 6.45) is 2.60. The van der Waals surface area contributed by atoms with Gasteiger partial charge in [0, 0.05) is 32.4 Å². The van der Waals surface area contributed by atoms with Gasteiger partial charge in [0.2, 0.25) is 5.91 Å². The molecule has 1 amide bonds. The van der Waals surface area contributed by atoms with Crippen LogP contribution < -0.4 is 5.32 Å². The normalized spacial score (nSPS) is 12.2. The van der Waals surface area contributed by atoms with Gasteiger partial charge in [0.25, 0.3) is 0 Å². The van der Waals surface area contributed by atoms with E-state index in [0.29, 0.717) is 0 Å². The molecular weight excluding hydrogens is 280 g/mol. The van der Waals surface area contributed by atoms with Gasteiger partial charge in [0.05, 0.1) is 0 Å². The Labute approximate surface area is 131 Å². The van der Waals surface area contributed by atoms with E-state index in [0.717, 1.165) is 53.4 Å². The summed E-state index contributed by atoms with van der Waals surface area (Å²) in [5.41, 5.74) is 0. The second kappa shape index (κ2) is 15.7. The van der Waals surface area contributed by atoms with Crippen molar-refractivity contribution >= 4 is 47.2 Å². The molecule has 0 aliphatic carbocycles. The molecule has 1 fully saturated rings. The average molecular weight is 301 g/mol. The molecule has 0 radical (unpaired) electrons. The fraction of sp³-hybridized carbons (Fsp3) is 0.455. The molecule has 0 saturated carbocycles. The molecule has 19 heavy (non-hydrogen) atoms. The fourth-order valence-electron chi connectivity index (χ4n) is 0.565. The molecule has 1 rings (SSSR count). The molecule has 0 bridgehead atoms. The van der Waals surface area contributed by atoms with Gasteiger partial charge in [-0.3, -0.25) is 9.36 Å². The molecule has 8 heteroatoms. The first kappa shape index (κ1) is 23.7. The number of hydrogen-bond donors (Lipinski definition) is 3. The Balaban J connectivity index is -0.000000185. The first-order chi connectivity index (χ1) is 8.58. The zero-order valence-corrected chi connectivity index (χ0v) is 14.7. The van der Waals surface area contributed by atoms with Crippen molar-refractivity contribution in [2.24, 2.45) is 0 Å². The molecule has 6 nitrogen and oxygen atoms in total. The first-order valence-corrected chi connectivity index (χ1v) is 9.26. The fourth-order valence-corrected chi connectivity index (χ4v) is 0.565. The first-order valence-electron chi connectivity index (χ1n) is 5.55. The van der Waals surface area contributed by atoms with Crippen LogP contribution in [0.5, 0.6) is 0 Å². The summed E-state index contributed by atoms with van der Waals surface area (Å²) >= 11 is 1.13. The topological polar surface area (TPSA) is 104 Å². The van der Waals surface area contributed by atoms with Gasteiger partial charge < -0.3 is 15.3 Å². The molecule has 0 atom stereocenters. The SMILES string of the molecule is C=CC(=O)O.C=[CH][Na].CP(C)(=O)O.O=C1CCCN1. The number of carbonyl (C=O) groups excluding carboxylic acids is 1. The molecule has 1 saturated heterocycles. The van der Waals surface area contributed by atoms with Crippen molar-refractivity contribution in [1.82, 2.24) is 5.32 Å². The number of amides is 1. The van der Waals surface area contributed by atoms with Crippen LogP contribution in [0.2, 0.25) is 0 Å². The Hall–Kier alpha value is -0.390. The maximum atomic E-state index is 10.1. The third-order valence-electron chi connectivity index (χ3n) is 1.08. The summed E-state index contributed by atoms with van der Waals surface area (Å²) in [7, 11) is -2.64. The van der Waals surface area contributed by atoms with Crippen LogP contribution in [-0.2, 0) is 14.2 Å². The molecule has 106 valence electrons. The van der Waals surface area contributed by atoms with Crippen LogP contribution in [0.25, 0.3) is 0 Å². The number of carboxylic acid groups (broad SMARTS) is 1. The van der Waals surface area contributed by atoms with Gasteiger partial charge in [-0.25, -0.2) is 4.79 Å². The molecule has 0 aromatic heterocycles. The van der Waals surface area contributed by atoms with Crippen LogP contribution in [0, 0.1) is 0 Å². The van der Waals surface area contributed by atoms with Crippen LogP contribution in [-0.4, -0.2) is 69.7 Å². The zero-order valence-electron chi connectivity index (χ0n) is 11.8. The van der Waals surface area contributed by atoms with E-state index in [1.54, 1.807) is 0 Å². The zero-order chi connectivity index (χ0) is 15.9. The second-order valence-corrected chi connectivity index (χ2v) is 7.10. The third-order valence-corrected chi connectivity index (χ3v) is 1.08. The number of rotatable bonds is 1. The van der Waals surface area contributed by atoms with Gasteiger partial charge in [-0.1, -0.05) is 6.58 Å². The quantitative estimate of drug-likeness (QED) is 0.380. The van der Waals surface area contributed by atoms with Crippen molar-refractivity contribution in [2.75, 3.05) is 19.9 Å². The van der Waals surface area contributed by atoms with Gasteiger partial charge in [-0.15, -0.1) is 0 Å². The smallest absolute Gasteiger partial charge is 0.220 e. The maximum Gasteiger partial charge on any atom is 0.220 e. The number of carbonyl (C=O) groups is 2. The Kier molecular flexibility index (Phi) is 19.5. The largest absolute Gasteiger partial charge is 0.356 e. The third kappa shape index (κ3) is 57.9. The maximum absolute atomic E-state index is 10.1. The summed E-state index contributed by atoms with van der Waals surface area (Å²) in [4.78, 5) is 27.5. The van der Waals surface area contributed by atoms with E-state index in [1.165, 1.54) is 13.3 Å². The molecule has 0 aromatic rings. The van der Waals surface area contributed by atoms with Crippen molar-refractivity contribution in [3.05, 3.63) is 22.6 Å². The monoisotopic (exact) mass is 301 g/mol. The van der Waals surface area contributed by atoms with Crippen molar-refractivity contribution in [3.8, 4) is 0 Å². The van der Waals surface area contributed by atoms with Crippen LogP contribution in [0.15, 0.2) is 22.6 Å². The molecule has 1 heterocycles. The Morgan fingerprint density at radius 1 is 1.47 bits per heavy atom. The Morgan fingerprint density at radius 3 is 1.84 bits per heavy atom. The summed E-state index contributed by atoms with van der Waals surface area (Å²) in [5, 5.41) is 10.3. The average Bonchev–Trinajstić information content (AvgIpc) is 2.68. The predicted molar refractivity (Wildman–Crippen MR) is 77.7 cm³/mol. The Morgan fingerprint density at radius 2 is 1.79 bits per heavy atom. The van der Waals surface area contributed by atoms with Crippen molar-refractivity contribution in [3.63, 3.8) is 0 Å². The molecular formula is C11H21NNaO5P. The minimum absolute atomic E-state index is 0.204. The number of carboxylic acids is 1. The van der Waals surface area contributed by atoms with Crippen LogP contribution >= 0.6 is 7.37 Å². The van der Waals surface area contributed by atoms with Crippen LogP contribution in [0.1, 0.15) is 12.8 Å². The molecule has 1 aliphatic heterocycles. The molecule has 0 aromatic carbocycles. The van der Waals surface area contributed by atoms with E-state index in [1.807, 2.05) is 3.33 Å². The van der Waals surface area contributed by atoms with E-state index in [2.05, 4.69) is 18.5 Å². The van der Waals surface area contributed by atoms with Crippen LogP contribution in [0.4, 0.5) is 0 Å². The molecule has 0 spiro atoms. The predicted octanol–water partition coefficient (Wildman–Crippen LogP) is 0.968. The minimum atomic E-state index is -2.64. The van der Waals surface area contributed by atoms with E-state index in [-0.39, 0.29) is 5.91 Å². The van der Waals surface area contributed by atoms with E-state index >= 15 is 0 Å². The van der Waals surface area contributed by atoms with Gasteiger partial charge in [0.1, 0.15) is 0 Å². The minimum Gasteiger partial charge on any atom is -0.356 e. The molecule has 0 unspecified atom stereocenters. The summed E-state index contributed by atoms with van der Waals surface area (Å²) in [6.45, 7) is 9.87. The van der Waals surface area contributed by atoms with Gasteiger partial charge in [-0.2, -0.15) is 0 Å². The van der Waals surface area contributed by atoms with Gasteiger partial charge >= 0.3 is 43.8 Å². The van der Waals surface area contributed by atoms with E-state index in [9.17, 15) is 14.2 Å². The standard InChI is InChI=1S/C4H7NO.C3H4O2.C2H7O2P.C2H3.Na/c6-4-2-1-3-5-4;1-2-3(4)5;1-5(2,3)4;1-2;/h1-3H2,(H,5,6);2H,1H2,(H,4,5);1-2H3,(H,3,4);1H,2H2;. The molecule has 1 aliphatic rings. The van der Waals surface area contributed by atoms with Crippen molar-refractivity contribution < 1.29 is 24.2 Å². The van der Waals surface area contributed by atoms with E-state index < -0.39 is 13.3 Å². The second-order valence-electron chi connectivity index (χ2n) is 3.70. The van der Waals surface area contributed by atoms with Crippen LogP contribution in [0.3, 0.4) is 0 Å². The number of hydrogen-bond acceptors (Lipinski definition) is 3.